The maximum absolute atomic E-state index is 5.69. The zero-order chi connectivity index (χ0) is 10.8. The summed E-state index contributed by atoms with van der Waals surface area (Å²) in [6.07, 6.45) is 1.43. The zero-order valence-electron chi connectivity index (χ0n) is 9.73. The first-order valence-electron chi connectivity index (χ1n) is 5.61. The van der Waals surface area contributed by atoms with Gasteiger partial charge in [-0.05, 0) is 31.9 Å². The molecule has 0 saturated carbocycles. The maximum atomic E-state index is 5.69. The molecule has 2 heteroatoms. The minimum Gasteiger partial charge on any atom is -0.377 e. The van der Waals surface area contributed by atoms with Crippen molar-refractivity contribution in [1.82, 2.24) is 0 Å². The summed E-state index contributed by atoms with van der Waals surface area (Å²) in [4.78, 5) is 2.33. The van der Waals surface area contributed by atoms with Crippen LogP contribution in [0.3, 0.4) is 0 Å². The summed E-state index contributed by atoms with van der Waals surface area (Å²) in [5, 5.41) is 0. The molecule has 0 aromatic heterocycles. The van der Waals surface area contributed by atoms with Crippen LogP contribution in [0.2, 0.25) is 0 Å². The van der Waals surface area contributed by atoms with Crippen molar-refractivity contribution < 1.29 is 4.74 Å². The lowest BCUT2D eigenvalue weighted by molar-refractivity contribution is 0.0689. The monoisotopic (exact) mass is 205 g/mol. The van der Waals surface area contributed by atoms with Gasteiger partial charge in [0.25, 0.3) is 0 Å². The fraction of sp³-hybridized carbons (Fsp3) is 0.538. The Morgan fingerprint density at radius 3 is 2.80 bits per heavy atom. The molecule has 1 atom stereocenters. The molecular formula is C13H19NO. The van der Waals surface area contributed by atoms with E-state index in [1.807, 2.05) is 0 Å². The molecule has 15 heavy (non-hydrogen) atoms. The predicted molar refractivity (Wildman–Crippen MR) is 63.4 cm³/mol. The number of anilines is 1. The Hall–Kier alpha value is -1.02. The first-order valence-corrected chi connectivity index (χ1v) is 5.61. The molecule has 0 bridgehead atoms. The SMILES string of the molecule is CC(C)OCC1Cc2ccccc2N1C. The van der Waals surface area contributed by atoms with Crippen LogP contribution in [0.1, 0.15) is 19.4 Å². The molecule has 2 rings (SSSR count). The summed E-state index contributed by atoms with van der Waals surface area (Å²) in [7, 11) is 2.15. The standard InChI is InChI=1S/C13H19NO/c1-10(2)15-9-12-8-11-6-4-5-7-13(11)14(12)3/h4-7,10,12H,8-9H2,1-3H3. The van der Waals surface area contributed by atoms with Gasteiger partial charge in [0.2, 0.25) is 0 Å². The van der Waals surface area contributed by atoms with Gasteiger partial charge in [0.15, 0.2) is 0 Å². The van der Waals surface area contributed by atoms with Crippen molar-refractivity contribution in [2.24, 2.45) is 0 Å². The highest BCUT2D eigenvalue weighted by atomic mass is 16.5. The Morgan fingerprint density at radius 1 is 1.40 bits per heavy atom. The van der Waals surface area contributed by atoms with E-state index in [9.17, 15) is 0 Å². The van der Waals surface area contributed by atoms with E-state index in [0.717, 1.165) is 13.0 Å². The average Bonchev–Trinajstić information content (AvgIpc) is 2.54. The molecule has 0 fully saturated rings. The minimum absolute atomic E-state index is 0.321. The largest absolute Gasteiger partial charge is 0.377 e. The van der Waals surface area contributed by atoms with Crippen LogP contribution in [-0.2, 0) is 11.2 Å². The quantitative estimate of drug-likeness (QED) is 0.751. The number of hydrogen-bond acceptors (Lipinski definition) is 2. The number of para-hydroxylation sites is 1. The van der Waals surface area contributed by atoms with E-state index in [-0.39, 0.29) is 0 Å². The van der Waals surface area contributed by atoms with Gasteiger partial charge in [0.1, 0.15) is 0 Å². The van der Waals surface area contributed by atoms with Gasteiger partial charge in [-0.15, -0.1) is 0 Å². The highest BCUT2D eigenvalue weighted by Gasteiger charge is 2.25. The van der Waals surface area contributed by atoms with Crippen LogP contribution in [0.25, 0.3) is 0 Å². The van der Waals surface area contributed by atoms with Crippen LogP contribution < -0.4 is 4.90 Å². The van der Waals surface area contributed by atoms with Gasteiger partial charge in [0, 0.05) is 12.7 Å². The van der Waals surface area contributed by atoms with E-state index < -0.39 is 0 Å². The summed E-state index contributed by atoms with van der Waals surface area (Å²) in [6.45, 7) is 4.99. The van der Waals surface area contributed by atoms with Gasteiger partial charge in [-0.25, -0.2) is 0 Å². The molecule has 2 nitrogen and oxygen atoms in total. The molecule has 0 saturated heterocycles. The normalized spacial score (nSPS) is 19.7. The first-order chi connectivity index (χ1) is 7.18. The van der Waals surface area contributed by atoms with E-state index in [1.54, 1.807) is 0 Å². The Morgan fingerprint density at radius 2 is 2.13 bits per heavy atom. The molecule has 1 aromatic carbocycles. The van der Waals surface area contributed by atoms with Crippen LogP contribution >= 0.6 is 0 Å². The topological polar surface area (TPSA) is 12.5 Å². The molecular weight excluding hydrogens is 186 g/mol. The molecule has 1 heterocycles. The van der Waals surface area contributed by atoms with Gasteiger partial charge in [-0.2, -0.15) is 0 Å². The summed E-state index contributed by atoms with van der Waals surface area (Å²) in [5.74, 6) is 0. The summed E-state index contributed by atoms with van der Waals surface area (Å²) in [6, 6.07) is 9.11. The highest BCUT2D eigenvalue weighted by Crippen LogP contribution is 2.30. The molecule has 0 spiro atoms. The van der Waals surface area contributed by atoms with Crippen LogP contribution in [0, 0.1) is 0 Å². The van der Waals surface area contributed by atoms with Gasteiger partial charge in [-0.3, -0.25) is 0 Å². The van der Waals surface area contributed by atoms with Gasteiger partial charge >= 0.3 is 0 Å². The second kappa shape index (κ2) is 4.23. The van der Waals surface area contributed by atoms with Crippen LogP contribution in [0.5, 0.6) is 0 Å². The van der Waals surface area contributed by atoms with Crippen molar-refractivity contribution >= 4 is 5.69 Å². The third-order valence-corrected chi connectivity index (χ3v) is 3.00. The van der Waals surface area contributed by atoms with Crippen molar-refractivity contribution in [3.05, 3.63) is 29.8 Å². The number of nitrogens with zero attached hydrogens (tertiary/aromatic N) is 1. The lowest BCUT2D eigenvalue weighted by Crippen LogP contribution is -2.33. The van der Waals surface area contributed by atoms with Crippen molar-refractivity contribution in [3.63, 3.8) is 0 Å². The molecule has 1 aromatic rings. The van der Waals surface area contributed by atoms with Gasteiger partial charge < -0.3 is 9.64 Å². The van der Waals surface area contributed by atoms with E-state index in [0.29, 0.717) is 12.1 Å². The number of ether oxygens (including phenoxy) is 1. The average molecular weight is 205 g/mol. The van der Waals surface area contributed by atoms with Crippen LogP contribution in [0.15, 0.2) is 24.3 Å². The van der Waals surface area contributed by atoms with Crippen LogP contribution in [0.4, 0.5) is 5.69 Å². The molecule has 1 unspecified atom stereocenters. The minimum atomic E-state index is 0.321. The second-order valence-electron chi connectivity index (χ2n) is 4.48. The fourth-order valence-electron chi connectivity index (χ4n) is 2.09. The van der Waals surface area contributed by atoms with E-state index in [2.05, 4.69) is 50.1 Å². The second-order valence-corrected chi connectivity index (χ2v) is 4.48. The first kappa shape index (κ1) is 10.5. The fourth-order valence-corrected chi connectivity index (χ4v) is 2.09. The Bertz CT molecular complexity index is 335. The zero-order valence-corrected chi connectivity index (χ0v) is 9.73. The molecule has 1 aliphatic rings. The Balaban J connectivity index is 2.03. The number of hydrogen-bond donors (Lipinski definition) is 0. The van der Waals surface area contributed by atoms with Crippen LogP contribution in [-0.4, -0.2) is 25.8 Å². The van der Waals surface area contributed by atoms with Gasteiger partial charge in [-0.1, -0.05) is 18.2 Å². The molecule has 82 valence electrons. The number of rotatable bonds is 3. The lowest BCUT2D eigenvalue weighted by Gasteiger charge is -2.23. The maximum Gasteiger partial charge on any atom is 0.0676 e. The third kappa shape index (κ3) is 2.15. The summed E-state index contributed by atoms with van der Waals surface area (Å²) >= 11 is 0. The molecule has 0 N–H and O–H groups in total. The molecule has 0 aliphatic carbocycles. The summed E-state index contributed by atoms with van der Waals surface area (Å²) < 4.78 is 5.69. The molecule has 1 aliphatic heterocycles. The number of benzene rings is 1. The summed E-state index contributed by atoms with van der Waals surface area (Å²) in [5.41, 5.74) is 2.80. The van der Waals surface area contributed by atoms with Gasteiger partial charge in [0.05, 0.1) is 18.8 Å². The van der Waals surface area contributed by atoms with E-state index in [4.69, 9.17) is 4.74 Å². The van der Waals surface area contributed by atoms with Crippen molar-refractivity contribution in [2.45, 2.75) is 32.4 Å². The number of fused-ring (bicyclic) bond motifs is 1. The third-order valence-electron chi connectivity index (χ3n) is 3.00. The Kier molecular flexibility index (Phi) is 2.96. The molecule has 0 radical (unpaired) electrons. The van der Waals surface area contributed by atoms with E-state index in [1.165, 1.54) is 11.3 Å². The smallest absolute Gasteiger partial charge is 0.0676 e. The van der Waals surface area contributed by atoms with E-state index >= 15 is 0 Å². The lowest BCUT2D eigenvalue weighted by atomic mass is 10.1. The highest BCUT2D eigenvalue weighted by molar-refractivity contribution is 5.58. The number of likely N-dealkylation sites (N-methyl/N-ethyl adjacent to an activating group) is 1. The van der Waals surface area contributed by atoms with Crippen molar-refractivity contribution in [1.29, 1.82) is 0 Å². The van der Waals surface area contributed by atoms with Crippen molar-refractivity contribution in [2.75, 3.05) is 18.6 Å². The van der Waals surface area contributed by atoms with Crippen molar-refractivity contribution in [3.8, 4) is 0 Å². The predicted octanol–water partition coefficient (Wildman–Crippen LogP) is 2.47. The Labute approximate surface area is 91.9 Å². The molecule has 0 amide bonds.